The molecule has 1 unspecified atom stereocenters. The number of allylic oxidation sites excluding steroid dienone is 1. The minimum atomic E-state index is -0.380. The molecule has 0 aliphatic rings. The molecular formula is C21H20N4O2S. The van der Waals surface area contributed by atoms with E-state index in [0.717, 1.165) is 15.4 Å². The molecule has 0 spiro atoms. The molecule has 142 valence electrons. The summed E-state index contributed by atoms with van der Waals surface area (Å²) in [5.74, 6) is -0.406. The molecule has 0 saturated carbocycles. The standard InChI is InChI=1S/C21H20N4O2S/c1-4-17(26)7-16-6-5-15(10-23-16)19-12-22-11-18(25-19)14(3)20(27)8-21-24-9-13(2)28-21/h4-6,9-12,14H,1,7-8H2,2-3H3. The van der Waals surface area contributed by atoms with E-state index in [4.69, 9.17) is 0 Å². The number of aromatic nitrogens is 4. The van der Waals surface area contributed by atoms with Gasteiger partial charge in [-0.1, -0.05) is 6.58 Å². The summed E-state index contributed by atoms with van der Waals surface area (Å²) in [6, 6.07) is 3.63. The topological polar surface area (TPSA) is 85.7 Å². The molecule has 0 radical (unpaired) electrons. The number of aryl methyl sites for hydroxylation is 1. The van der Waals surface area contributed by atoms with Crippen LogP contribution < -0.4 is 0 Å². The van der Waals surface area contributed by atoms with Gasteiger partial charge in [0.2, 0.25) is 0 Å². The van der Waals surface area contributed by atoms with Crippen LogP contribution in [0.15, 0.2) is 49.6 Å². The van der Waals surface area contributed by atoms with Gasteiger partial charge in [-0.25, -0.2) is 9.97 Å². The van der Waals surface area contributed by atoms with E-state index < -0.39 is 0 Å². The Labute approximate surface area is 167 Å². The Morgan fingerprint density at radius 1 is 1.14 bits per heavy atom. The summed E-state index contributed by atoms with van der Waals surface area (Å²) in [6.45, 7) is 7.26. The molecule has 3 rings (SSSR count). The highest BCUT2D eigenvalue weighted by Gasteiger charge is 2.19. The molecule has 0 amide bonds. The zero-order chi connectivity index (χ0) is 20.1. The zero-order valence-electron chi connectivity index (χ0n) is 15.8. The third-order valence-electron chi connectivity index (χ3n) is 4.28. The summed E-state index contributed by atoms with van der Waals surface area (Å²) in [7, 11) is 0. The number of pyridine rings is 1. The van der Waals surface area contributed by atoms with Gasteiger partial charge in [0.15, 0.2) is 5.78 Å². The van der Waals surface area contributed by atoms with Crippen molar-refractivity contribution in [3.63, 3.8) is 0 Å². The molecular weight excluding hydrogens is 372 g/mol. The largest absolute Gasteiger partial charge is 0.298 e. The Hall–Kier alpha value is -3.06. The van der Waals surface area contributed by atoms with Crippen LogP contribution in [0.4, 0.5) is 0 Å². The third kappa shape index (κ3) is 4.80. The molecule has 0 bridgehead atoms. The Morgan fingerprint density at radius 3 is 2.61 bits per heavy atom. The summed E-state index contributed by atoms with van der Waals surface area (Å²) in [4.78, 5) is 42.5. The summed E-state index contributed by atoms with van der Waals surface area (Å²) in [5, 5.41) is 0.812. The Bertz CT molecular complexity index is 1010. The molecule has 0 fully saturated rings. The fraction of sp³-hybridized carbons (Fsp3) is 0.238. The second-order valence-corrected chi connectivity index (χ2v) is 7.76. The van der Waals surface area contributed by atoms with Crippen LogP contribution >= 0.6 is 11.3 Å². The molecule has 6 nitrogen and oxygen atoms in total. The Morgan fingerprint density at radius 2 is 1.96 bits per heavy atom. The van der Waals surface area contributed by atoms with Crippen molar-refractivity contribution >= 4 is 22.9 Å². The zero-order valence-corrected chi connectivity index (χ0v) is 16.6. The highest BCUT2D eigenvalue weighted by Crippen LogP contribution is 2.22. The molecule has 0 aliphatic heterocycles. The molecule has 1 atom stereocenters. The highest BCUT2D eigenvalue weighted by atomic mass is 32.1. The number of Topliss-reactive ketones (excluding diaryl/α,β-unsaturated/α-hetero) is 1. The fourth-order valence-corrected chi connectivity index (χ4v) is 3.41. The smallest absolute Gasteiger partial charge is 0.161 e. The van der Waals surface area contributed by atoms with Crippen LogP contribution in [0.5, 0.6) is 0 Å². The van der Waals surface area contributed by atoms with E-state index in [0.29, 0.717) is 23.5 Å². The van der Waals surface area contributed by atoms with Crippen LogP contribution in [0.1, 0.15) is 34.1 Å². The minimum Gasteiger partial charge on any atom is -0.298 e. The van der Waals surface area contributed by atoms with E-state index in [1.165, 1.54) is 17.4 Å². The van der Waals surface area contributed by atoms with Crippen molar-refractivity contribution in [1.82, 2.24) is 19.9 Å². The van der Waals surface area contributed by atoms with Gasteiger partial charge in [0, 0.05) is 34.7 Å². The van der Waals surface area contributed by atoms with Crippen molar-refractivity contribution < 1.29 is 9.59 Å². The van der Waals surface area contributed by atoms with Gasteiger partial charge in [0.05, 0.1) is 36.3 Å². The van der Waals surface area contributed by atoms with Gasteiger partial charge in [-0.15, -0.1) is 11.3 Å². The lowest BCUT2D eigenvalue weighted by Gasteiger charge is -2.10. The third-order valence-corrected chi connectivity index (χ3v) is 5.19. The second-order valence-electron chi connectivity index (χ2n) is 6.44. The number of rotatable bonds is 8. The van der Waals surface area contributed by atoms with Gasteiger partial charge in [-0.3, -0.25) is 19.6 Å². The maximum Gasteiger partial charge on any atom is 0.161 e. The molecule has 3 heterocycles. The highest BCUT2D eigenvalue weighted by molar-refractivity contribution is 7.11. The van der Waals surface area contributed by atoms with Crippen LogP contribution in [-0.2, 0) is 22.4 Å². The molecule has 7 heteroatoms. The number of nitrogens with zero attached hydrogens (tertiary/aromatic N) is 4. The first kappa shape index (κ1) is 19.7. The van der Waals surface area contributed by atoms with Crippen molar-refractivity contribution in [2.45, 2.75) is 32.6 Å². The van der Waals surface area contributed by atoms with Crippen LogP contribution in [0.2, 0.25) is 0 Å². The normalized spacial score (nSPS) is 11.8. The summed E-state index contributed by atoms with van der Waals surface area (Å²) >= 11 is 1.53. The molecule has 0 N–H and O–H groups in total. The van der Waals surface area contributed by atoms with E-state index in [1.807, 2.05) is 19.9 Å². The summed E-state index contributed by atoms with van der Waals surface area (Å²) < 4.78 is 0. The molecule has 0 saturated heterocycles. The number of hydrogen-bond donors (Lipinski definition) is 0. The van der Waals surface area contributed by atoms with Gasteiger partial charge in [-0.05, 0) is 32.1 Å². The van der Waals surface area contributed by atoms with E-state index in [2.05, 4.69) is 26.5 Å². The lowest BCUT2D eigenvalue weighted by Crippen LogP contribution is -2.14. The van der Waals surface area contributed by atoms with E-state index in [9.17, 15) is 9.59 Å². The van der Waals surface area contributed by atoms with Gasteiger partial charge in [0.1, 0.15) is 10.8 Å². The van der Waals surface area contributed by atoms with Crippen molar-refractivity contribution in [3.05, 3.63) is 70.8 Å². The average Bonchev–Trinajstić information content (AvgIpc) is 3.12. The number of thiazole rings is 1. The maximum absolute atomic E-state index is 12.6. The van der Waals surface area contributed by atoms with Gasteiger partial charge >= 0.3 is 0 Å². The molecule has 3 aromatic rings. The predicted molar refractivity (Wildman–Crippen MR) is 108 cm³/mol. The number of carbonyl (C=O) groups is 2. The molecule has 28 heavy (non-hydrogen) atoms. The van der Waals surface area contributed by atoms with Crippen LogP contribution in [0.3, 0.4) is 0 Å². The summed E-state index contributed by atoms with van der Waals surface area (Å²) in [5.41, 5.74) is 2.69. The maximum atomic E-state index is 12.6. The van der Waals surface area contributed by atoms with Crippen molar-refractivity contribution in [1.29, 1.82) is 0 Å². The minimum absolute atomic E-state index is 0.0530. The Kier molecular flexibility index (Phi) is 6.16. The molecule has 3 aromatic heterocycles. The van der Waals surface area contributed by atoms with E-state index in [1.54, 1.807) is 30.9 Å². The van der Waals surface area contributed by atoms with Crippen molar-refractivity contribution in [2.24, 2.45) is 0 Å². The molecule has 0 aliphatic carbocycles. The first-order chi connectivity index (χ1) is 13.5. The molecule has 0 aromatic carbocycles. The van der Waals surface area contributed by atoms with Crippen LogP contribution in [0, 0.1) is 6.92 Å². The second kappa shape index (κ2) is 8.75. The predicted octanol–water partition coefficient (Wildman–Crippen LogP) is 3.52. The van der Waals surface area contributed by atoms with Crippen LogP contribution in [0.25, 0.3) is 11.3 Å². The monoisotopic (exact) mass is 392 g/mol. The van der Waals surface area contributed by atoms with Crippen molar-refractivity contribution in [3.8, 4) is 11.3 Å². The van der Waals surface area contributed by atoms with E-state index in [-0.39, 0.29) is 23.9 Å². The average molecular weight is 392 g/mol. The van der Waals surface area contributed by atoms with E-state index >= 15 is 0 Å². The number of hydrogen-bond acceptors (Lipinski definition) is 7. The lowest BCUT2D eigenvalue weighted by atomic mass is 10.0. The van der Waals surface area contributed by atoms with Gasteiger partial charge < -0.3 is 0 Å². The summed E-state index contributed by atoms with van der Waals surface area (Å²) in [6.07, 6.45) is 8.48. The quantitative estimate of drug-likeness (QED) is 0.545. The SMILES string of the molecule is C=CC(=O)Cc1ccc(-c2cncc(C(C)C(=O)Cc3ncc(C)s3)n2)cn1. The van der Waals surface area contributed by atoms with Crippen molar-refractivity contribution in [2.75, 3.05) is 0 Å². The van der Waals surface area contributed by atoms with Gasteiger partial charge in [0.25, 0.3) is 0 Å². The fourth-order valence-electron chi connectivity index (χ4n) is 2.61. The Balaban J connectivity index is 1.75. The first-order valence-electron chi connectivity index (χ1n) is 8.82. The van der Waals surface area contributed by atoms with Crippen LogP contribution in [-0.4, -0.2) is 31.5 Å². The number of carbonyl (C=O) groups excluding carboxylic acids is 2. The number of ketones is 2. The van der Waals surface area contributed by atoms with Gasteiger partial charge in [-0.2, -0.15) is 0 Å². The first-order valence-corrected chi connectivity index (χ1v) is 9.64. The lowest BCUT2D eigenvalue weighted by molar-refractivity contribution is -0.119.